The summed E-state index contributed by atoms with van der Waals surface area (Å²) in [6.07, 6.45) is -0.182. The first-order valence-electron chi connectivity index (χ1n) is 24.4. The van der Waals surface area contributed by atoms with Gasteiger partial charge in [-0.2, -0.15) is 4.99 Å². The number of aliphatic imine (C=N–C) groups is 2. The fraction of sp³-hybridized carbons (Fsp3) is 0.0149. The van der Waals surface area contributed by atoms with E-state index in [0.717, 1.165) is 45.1 Å². The van der Waals surface area contributed by atoms with Crippen LogP contribution in [0.15, 0.2) is 265 Å². The second-order valence-corrected chi connectivity index (χ2v) is 18.6. The number of benzene rings is 11. The Balaban J connectivity index is 0.957. The van der Waals surface area contributed by atoms with Gasteiger partial charge in [0.25, 0.3) is 0 Å². The molecule has 1 atom stereocenters. The molecule has 0 aliphatic carbocycles. The number of para-hydroxylation sites is 3. The average molecular weight is 906 g/mol. The molecule has 71 heavy (non-hydrogen) atoms. The molecule has 13 aromatic rings. The van der Waals surface area contributed by atoms with Crippen LogP contribution in [0, 0.1) is 0 Å². The van der Waals surface area contributed by atoms with Crippen molar-refractivity contribution in [2.45, 2.75) is 6.17 Å². The Labute approximate surface area is 410 Å². The van der Waals surface area contributed by atoms with E-state index in [1.165, 1.54) is 87.1 Å². The Kier molecular flexibility index (Phi) is 9.64. The molecule has 1 aliphatic rings. The molecular weight excluding hydrogens is 861 g/mol. The molecular formula is C67H45N4+. The fourth-order valence-electron chi connectivity index (χ4n) is 11.2. The van der Waals surface area contributed by atoms with E-state index in [2.05, 4.69) is 265 Å². The van der Waals surface area contributed by atoms with Crippen LogP contribution in [0.5, 0.6) is 0 Å². The zero-order chi connectivity index (χ0) is 46.8. The van der Waals surface area contributed by atoms with E-state index < -0.39 is 0 Å². The lowest BCUT2D eigenvalue weighted by Crippen LogP contribution is -2.90. The largest absolute Gasteiger partial charge is 0.308 e. The van der Waals surface area contributed by atoms with Gasteiger partial charge < -0.3 is 4.40 Å². The van der Waals surface area contributed by atoms with Gasteiger partial charge in [-0.3, -0.25) is 5.32 Å². The Bertz CT molecular complexity index is 4360. The number of nitrogens with two attached hydrogens (primary N) is 1. The van der Waals surface area contributed by atoms with Gasteiger partial charge in [-0.15, -0.1) is 0 Å². The standard InChI is InChI=1S/C67H44N4/c1-3-17-43(18-4-1)48-22-15-23-50(41-48)67-69-65(46-20-5-2-6-21-46)68-66(70-67)47-35-33-45(34-36-47)63-51-24-8-7-19-44(51)37-39-52(63)49-38-40-55-53-25-9-10-26-54(53)58-29-16-30-59-56-27-11-13-31-61(56)71(64(58)59)62-32-14-12-28-57(62)60(55)42-49/h1-42,65H,(H,68,69,70)/p+1. The Morgan fingerprint density at radius 2 is 0.873 bits per heavy atom. The second kappa shape index (κ2) is 16.8. The van der Waals surface area contributed by atoms with Gasteiger partial charge in [-0.25, -0.2) is 4.99 Å². The van der Waals surface area contributed by atoms with Gasteiger partial charge in [-0.1, -0.05) is 224 Å². The highest BCUT2D eigenvalue weighted by atomic mass is 15.2. The monoisotopic (exact) mass is 905 g/mol. The third-order valence-corrected chi connectivity index (χ3v) is 14.5. The molecule has 0 bridgehead atoms. The molecule has 11 aromatic carbocycles. The van der Waals surface area contributed by atoms with Gasteiger partial charge in [0.15, 0.2) is 5.84 Å². The molecule has 4 heteroatoms. The van der Waals surface area contributed by atoms with E-state index in [-0.39, 0.29) is 6.17 Å². The minimum atomic E-state index is -0.182. The summed E-state index contributed by atoms with van der Waals surface area (Å²) in [5.74, 6) is 1.64. The van der Waals surface area contributed by atoms with Gasteiger partial charge in [0.1, 0.15) is 0 Å². The lowest BCUT2D eigenvalue weighted by atomic mass is 9.88. The van der Waals surface area contributed by atoms with E-state index >= 15 is 0 Å². The van der Waals surface area contributed by atoms with Crippen molar-refractivity contribution in [3.8, 4) is 33.4 Å². The van der Waals surface area contributed by atoms with E-state index in [0.29, 0.717) is 0 Å². The first kappa shape index (κ1) is 40.8. The number of hydrogen-bond donors (Lipinski definition) is 1. The Morgan fingerprint density at radius 1 is 0.338 bits per heavy atom. The molecule has 1 aliphatic heterocycles. The molecule has 1 unspecified atom stereocenters. The molecule has 14 rings (SSSR count). The number of fused-ring (bicyclic) bond motifs is 11. The summed E-state index contributed by atoms with van der Waals surface area (Å²) < 4.78 is 2.50. The summed E-state index contributed by atoms with van der Waals surface area (Å²) in [4.78, 5) is 10.6. The number of hydrogen-bond acceptors (Lipinski definition) is 2. The maximum Gasteiger partial charge on any atom is 0.235 e. The van der Waals surface area contributed by atoms with Crippen LogP contribution in [0.25, 0.3) is 104 Å². The first-order chi connectivity index (χ1) is 35.2. The van der Waals surface area contributed by atoms with Crippen LogP contribution in [-0.4, -0.2) is 16.1 Å². The summed E-state index contributed by atoms with van der Waals surface area (Å²) in [5.41, 5.74) is 13.8. The number of rotatable bonds is 6. The maximum absolute atomic E-state index is 5.30. The predicted octanol–water partition coefficient (Wildman–Crippen LogP) is 15.9. The molecule has 0 saturated carbocycles. The van der Waals surface area contributed by atoms with E-state index in [1.807, 2.05) is 0 Å². The van der Waals surface area contributed by atoms with Gasteiger partial charge in [0.2, 0.25) is 12.0 Å². The zero-order valence-electron chi connectivity index (χ0n) is 38.7. The fourth-order valence-corrected chi connectivity index (χ4v) is 11.2. The lowest BCUT2D eigenvalue weighted by Gasteiger charge is -2.20. The van der Waals surface area contributed by atoms with Crippen molar-refractivity contribution < 1.29 is 5.32 Å². The number of amidine groups is 2. The van der Waals surface area contributed by atoms with Crippen LogP contribution in [0.3, 0.4) is 0 Å². The molecule has 0 amide bonds. The Morgan fingerprint density at radius 3 is 1.63 bits per heavy atom. The topological polar surface area (TPSA) is 45.7 Å². The van der Waals surface area contributed by atoms with Crippen LogP contribution in [-0.2, 0) is 0 Å². The maximum atomic E-state index is 5.30. The number of aromatic nitrogens is 1. The van der Waals surface area contributed by atoms with Crippen LogP contribution in [0.2, 0.25) is 0 Å². The zero-order valence-corrected chi connectivity index (χ0v) is 38.7. The third-order valence-electron chi connectivity index (χ3n) is 14.5. The quantitative estimate of drug-likeness (QED) is 0.173. The first-order valence-corrected chi connectivity index (χ1v) is 24.4. The normalized spacial score (nSPS) is 13.9. The number of nitrogens with zero attached hydrogens (tertiary/aromatic N) is 3. The lowest BCUT2D eigenvalue weighted by molar-refractivity contribution is -0.586. The Hall–Kier alpha value is -9.22. The highest BCUT2D eigenvalue weighted by Crippen LogP contribution is 2.43. The van der Waals surface area contributed by atoms with E-state index in [9.17, 15) is 0 Å². The summed E-state index contributed by atoms with van der Waals surface area (Å²) in [5, 5.41) is 14.4. The second-order valence-electron chi connectivity index (χ2n) is 18.6. The van der Waals surface area contributed by atoms with Crippen molar-refractivity contribution in [1.82, 2.24) is 4.40 Å². The summed E-state index contributed by atoms with van der Waals surface area (Å²) >= 11 is 0. The van der Waals surface area contributed by atoms with Gasteiger partial charge >= 0.3 is 0 Å². The summed E-state index contributed by atoms with van der Waals surface area (Å²) in [7, 11) is 0. The highest BCUT2D eigenvalue weighted by Gasteiger charge is 2.26. The van der Waals surface area contributed by atoms with Crippen molar-refractivity contribution in [3.63, 3.8) is 0 Å². The molecule has 0 spiro atoms. The number of quaternary nitrogens is 1. The molecule has 0 fully saturated rings. The molecule has 0 radical (unpaired) electrons. The van der Waals surface area contributed by atoms with Crippen LogP contribution >= 0.6 is 0 Å². The van der Waals surface area contributed by atoms with Gasteiger partial charge in [-0.05, 0) is 96.0 Å². The van der Waals surface area contributed by atoms with Crippen LogP contribution in [0.4, 0.5) is 0 Å². The van der Waals surface area contributed by atoms with Gasteiger partial charge in [0.05, 0.1) is 22.1 Å². The average Bonchev–Trinajstić information content (AvgIpc) is 3.81. The van der Waals surface area contributed by atoms with E-state index in [1.54, 1.807) is 0 Å². The minimum Gasteiger partial charge on any atom is -0.308 e. The van der Waals surface area contributed by atoms with E-state index in [4.69, 9.17) is 9.98 Å². The summed E-state index contributed by atoms with van der Waals surface area (Å²) in [6, 6.07) is 92.6. The molecule has 2 N–H and O–H groups in total. The van der Waals surface area contributed by atoms with Crippen LogP contribution in [0.1, 0.15) is 22.9 Å². The molecule has 2 aromatic heterocycles. The molecule has 3 heterocycles. The minimum absolute atomic E-state index is 0.182. The van der Waals surface area contributed by atoms with Crippen LogP contribution < -0.4 is 5.32 Å². The smallest absolute Gasteiger partial charge is 0.235 e. The molecule has 332 valence electrons. The molecule has 4 nitrogen and oxygen atoms in total. The van der Waals surface area contributed by atoms with Crippen molar-refractivity contribution in [3.05, 3.63) is 271 Å². The van der Waals surface area contributed by atoms with Crippen molar-refractivity contribution in [2.24, 2.45) is 9.98 Å². The van der Waals surface area contributed by atoms with Crippen molar-refractivity contribution in [2.75, 3.05) is 0 Å². The van der Waals surface area contributed by atoms with Gasteiger partial charge in [0, 0.05) is 32.7 Å². The van der Waals surface area contributed by atoms with Crippen molar-refractivity contribution >= 4 is 82.1 Å². The predicted molar refractivity (Wildman–Crippen MR) is 298 cm³/mol. The molecule has 0 saturated heterocycles. The SMILES string of the molecule is c1ccc(-c2cccc(C3=NC(c4ccc(-c5c(-c6ccc7c8ccccc8c8cccc9c%10ccccc%10n(c%10ccccc%10c7c6)c89)ccc6ccccc56)cc4)=NC(c4ccccc4)[NH2+]3)c2)cc1. The highest BCUT2D eigenvalue weighted by molar-refractivity contribution is 6.25. The third kappa shape index (κ3) is 6.87. The summed E-state index contributed by atoms with van der Waals surface area (Å²) in [6.45, 7) is 0. The van der Waals surface area contributed by atoms with Crippen molar-refractivity contribution in [1.29, 1.82) is 0 Å².